The van der Waals surface area contributed by atoms with E-state index < -0.39 is 5.97 Å². The van der Waals surface area contributed by atoms with E-state index in [1.807, 2.05) is 19.1 Å². The Morgan fingerprint density at radius 1 is 1.50 bits per heavy atom. The van der Waals surface area contributed by atoms with Crippen molar-refractivity contribution in [2.75, 3.05) is 6.54 Å². The number of rotatable bonds is 2. The van der Waals surface area contributed by atoms with Gasteiger partial charge < -0.3 is 15.5 Å². The fourth-order valence-corrected chi connectivity index (χ4v) is 2.07. The predicted molar refractivity (Wildman–Crippen MR) is 59.3 cm³/mol. The van der Waals surface area contributed by atoms with E-state index in [0.717, 1.165) is 11.1 Å². The van der Waals surface area contributed by atoms with Gasteiger partial charge in [-0.2, -0.15) is 0 Å². The standard InChI is InChI=1S/C12H15NO3/c1-7-4-8(2-3-11(7)14)10-5-9(6-13-10)12(15)16/h2-4,9-10,13-14H,5-6H2,1H3,(H,15,16). The molecule has 1 heterocycles. The molecule has 86 valence electrons. The van der Waals surface area contributed by atoms with Gasteiger partial charge >= 0.3 is 5.97 Å². The molecule has 0 aromatic heterocycles. The molecule has 1 fully saturated rings. The average Bonchev–Trinajstić information content (AvgIpc) is 2.71. The molecule has 2 unspecified atom stereocenters. The second-order valence-electron chi connectivity index (χ2n) is 4.28. The van der Waals surface area contributed by atoms with Crippen LogP contribution in [0, 0.1) is 12.8 Å². The molecule has 1 aliphatic heterocycles. The lowest BCUT2D eigenvalue weighted by atomic mass is 9.98. The highest BCUT2D eigenvalue weighted by Crippen LogP contribution is 2.29. The molecular formula is C12H15NO3. The van der Waals surface area contributed by atoms with Crippen molar-refractivity contribution in [3.8, 4) is 5.75 Å². The van der Waals surface area contributed by atoms with Gasteiger partial charge in [0.1, 0.15) is 5.75 Å². The molecule has 1 saturated heterocycles. The van der Waals surface area contributed by atoms with Crippen molar-refractivity contribution in [1.29, 1.82) is 0 Å². The second-order valence-corrected chi connectivity index (χ2v) is 4.28. The minimum Gasteiger partial charge on any atom is -0.508 e. The SMILES string of the molecule is Cc1cc(C2CC(C(=O)O)CN2)ccc1O. The van der Waals surface area contributed by atoms with Crippen LogP contribution in [0.25, 0.3) is 0 Å². The molecule has 0 radical (unpaired) electrons. The molecule has 0 bridgehead atoms. The minimum absolute atomic E-state index is 0.0837. The van der Waals surface area contributed by atoms with Crippen LogP contribution in [0.5, 0.6) is 5.75 Å². The second kappa shape index (κ2) is 4.14. The van der Waals surface area contributed by atoms with Crippen LogP contribution < -0.4 is 5.32 Å². The summed E-state index contributed by atoms with van der Waals surface area (Å²) in [5, 5.41) is 21.5. The molecule has 4 nitrogen and oxygen atoms in total. The Balaban J connectivity index is 2.14. The van der Waals surface area contributed by atoms with Crippen molar-refractivity contribution >= 4 is 5.97 Å². The summed E-state index contributed by atoms with van der Waals surface area (Å²) in [5.41, 5.74) is 1.86. The molecule has 0 spiro atoms. The van der Waals surface area contributed by atoms with Gasteiger partial charge in [-0.05, 0) is 30.5 Å². The molecule has 1 aromatic carbocycles. The van der Waals surface area contributed by atoms with Crippen molar-refractivity contribution < 1.29 is 15.0 Å². The van der Waals surface area contributed by atoms with Crippen molar-refractivity contribution in [2.45, 2.75) is 19.4 Å². The first kappa shape index (κ1) is 11.0. The zero-order valence-electron chi connectivity index (χ0n) is 9.10. The quantitative estimate of drug-likeness (QED) is 0.706. The third kappa shape index (κ3) is 2.02. The van der Waals surface area contributed by atoms with Crippen molar-refractivity contribution in [1.82, 2.24) is 5.32 Å². The van der Waals surface area contributed by atoms with Crippen LogP contribution in [-0.4, -0.2) is 22.7 Å². The molecule has 4 heteroatoms. The van der Waals surface area contributed by atoms with Crippen LogP contribution >= 0.6 is 0 Å². The fourth-order valence-electron chi connectivity index (χ4n) is 2.07. The number of aromatic hydroxyl groups is 1. The van der Waals surface area contributed by atoms with Gasteiger partial charge in [-0.1, -0.05) is 12.1 Å². The third-order valence-corrected chi connectivity index (χ3v) is 3.10. The highest BCUT2D eigenvalue weighted by Gasteiger charge is 2.30. The van der Waals surface area contributed by atoms with Gasteiger partial charge in [0.05, 0.1) is 5.92 Å². The Hall–Kier alpha value is -1.55. The largest absolute Gasteiger partial charge is 0.508 e. The van der Waals surface area contributed by atoms with E-state index >= 15 is 0 Å². The zero-order valence-corrected chi connectivity index (χ0v) is 9.10. The Morgan fingerprint density at radius 3 is 2.81 bits per heavy atom. The molecule has 2 rings (SSSR count). The van der Waals surface area contributed by atoms with E-state index in [2.05, 4.69) is 5.32 Å². The summed E-state index contributed by atoms with van der Waals surface area (Å²) in [6, 6.07) is 5.47. The first-order chi connectivity index (χ1) is 7.58. The number of carbonyl (C=O) groups is 1. The topological polar surface area (TPSA) is 69.6 Å². The molecule has 2 atom stereocenters. The molecule has 3 N–H and O–H groups in total. The minimum atomic E-state index is -0.745. The first-order valence-corrected chi connectivity index (χ1v) is 5.33. The van der Waals surface area contributed by atoms with Crippen LogP contribution in [0.2, 0.25) is 0 Å². The summed E-state index contributed by atoms with van der Waals surface area (Å²) in [6.45, 7) is 2.35. The molecule has 0 aliphatic carbocycles. The van der Waals surface area contributed by atoms with Gasteiger partial charge in [0.25, 0.3) is 0 Å². The number of phenolic OH excluding ortho intramolecular Hbond substituents is 1. The van der Waals surface area contributed by atoms with Gasteiger partial charge in [-0.25, -0.2) is 0 Å². The number of nitrogens with one attached hydrogen (secondary N) is 1. The van der Waals surface area contributed by atoms with Crippen LogP contribution in [0.15, 0.2) is 18.2 Å². The van der Waals surface area contributed by atoms with Crippen LogP contribution in [0.3, 0.4) is 0 Å². The Kier molecular flexibility index (Phi) is 2.83. The van der Waals surface area contributed by atoms with Crippen LogP contribution in [0.4, 0.5) is 0 Å². The van der Waals surface area contributed by atoms with E-state index in [1.54, 1.807) is 6.07 Å². The normalized spacial score (nSPS) is 24.6. The van der Waals surface area contributed by atoms with E-state index in [-0.39, 0.29) is 17.7 Å². The van der Waals surface area contributed by atoms with E-state index in [0.29, 0.717) is 13.0 Å². The summed E-state index contributed by atoms with van der Waals surface area (Å²) in [4.78, 5) is 10.8. The summed E-state index contributed by atoms with van der Waals surface area (Å²) in [6.07, 6.45) is 0.611. The number of benzene rings is 1. The number of hydrogen-bond acceptors (Lipinski definition) is 3. The zero-order chi connectivity index (χ0) is 11.7. The molecule has 0 amide bonds. The number of carboxylic acids is 1. The van der Waals surface area contributed by atoms with Gasteiger partial charge in [0.2, 0.25) is 0 Å². The number of aliphatic carboxylic acids is 1. The first-order valence-electron chi connectivity index (χ1n) is 5.33. The Bertz CT molecular complexity index is 417. The van der Waals surface area contributed by atoms with Crippen molar-refractivity contribution in [2.24, 2.45) is 5.92 Å². The molecule has 16 heavy (non-hydrogen) atoms. The summed E-state index contributed by atoms with van der Waals surface area (Å²) < 4.78 is 0. The lowest BCUT2D eigenvalue weighted by molar-refractivity contribution is -0.141. The Labute approximate surface area is 93.9 Å². The molecule has 0 saturated carbocycles. The lowest BCUT2D eigenvalue weighted by Gasteiger charge is -2.11. The third-order valence-electron chi connectivity index (χ3n) is 3.10. The Morgan fingerprint density at radius 2 is 2.25 bits per heavy atom. The van der Waals surface area contributed by atoms with Gasteiger partial charge in [-0.3, -0.25) is 4.79 Å². The predicted octanol–water partition coefficient (Wildman–Crippen LogP) is 1.44. The summed E-state index contributed by atoms with van der Waals surface area (Å²) >= 11 is 0. The van der Waals surface area contributed by atoms with E-state index in [1.165, 1.54) is 0 Å². The maximum Gasteiger partial charge on any atom is 0.307 e. The van der Waals surface area contributed by atoms with Gasteiger partial charge in [-0.15, -0.1) is 0 Å². The van der Waals surface area contributed by atoms with Gasteiger partial charge in [0, 0.05) is 12.6 Å². The molecule has 1 aromatic rings. The summed E-state index contributed by atoms with van der Waals surface area (Å²) in [7, 11) is 0. The maximum atomic E-state index is 10.8. The highest BCUT2D eigenvalue weighted by molar-refractivity contribution is 5.70. The smallest absolute Gasteiger partial charge is 0.307 e. The van der Waals surface area contributed by atoms with Crippen molar-refractivity contribution in [3.63, 3.8) is 0 Å². The summed E-state index contributed by atoms with van der Waals surface area (Å²) in [5.74, 6) is -0.777. The van der Waals surface area contributed by atoms with Crippen LogP contribution in [0.1, 0.15) is 23.6 Å². The molecule has 1 aliphatic rings. The van der Waals surface area contributed by atoms with Gasteiger partial charge in [0.15, 0.2) is 0 Å². The van der Waals surface area contributed by atoms with E-state index in [4.69, 9.17) is 5.11 Å². The number of phenols is 1. The maximum absolute atomic E-state index is 10.8. The van der Waals surface area contributed by atoms with Crippen LogP contribution in [-0.2, 0) is 4.79 Å². The number of hydrogen-bond donors (Lipinski definition) is 3. The van der Waals surface area contributed by atoms with Crippen molar-refractivity contribution in [3.05, 3.63) is 29.3 Å². The highest BCUT2D eigenvalue weighted by atomic mass is 16.4. The lowest BCUT2D eigenvalue weighted by Crippen LogP contribution is -2.17. The number of aryl methyl sites for hydroxylation is 1. The average molecular weight is 221 g/mol. The van der Waals surface area contributed by atoms with E-state index in [9.17, 15) is 9.90 Å². The monoisotopic (exact) mass is 221 g/mol. The number of carboxylic acid groups (broad SMARTS) is 1. The molecular weight excluding hydrogens is 206 g/mol. The fraction of sp³-hybridized carbons (Fsp3) is 0.417.